The van der Waals surface area contributed by atoms with Gasteiger partial charge in [-0.3, -0.25) is 4.79 Å². The van der Waals surface area contributed by atoms with Crippen molar-refractivity contribution in [1.82, 2.24) is 0 Å². The summed E-state index contributed by atoms with van der Waals surface area (Å²) in [6.07, 6.45) is 0.968. The number of hydrogen-bond donors (Lipinski definition) is 1. The van der Waals surface area contributed by atoms with E-state index in [0.29, 0.717) is 31.1 Å². The summed E-state index contributed by atoms with van der Waals surface area (Å²) in [5, 5.41) is 11.4. The molecule has 102 valence electrons. The number of anilines is 1. The third-order valence-electron chi connectivity index (χ3n) is 2.23. The number of nitrogens with one attached hydrogen (secondary N) is 1. The SMILES string of the molecule is CCCOCCOCC(=O)Nc1cccc(C#N)c1. The van der Waals surface area contributed by atoms with Crippen LogP contribution in [0.1, 0.15) is 18.9 Å². The van der Waals surface area contributed by atoms with E-state index in [4.69, 9.17) is 14.7 Å². The van der Waals surface area contributed by atoms with E-state index in [0.717, 1.165) is 6.42 Å². The predicted octanol–water partition coefficient (Wildman–Crippen LogP) is 1.94. The lowest BCUT2D eigenvalue weighted by molar-refractivity contribution is -0.121. The van der Waals surface area contributed by atoms with Gasteiger partial charge in [-0.15, -0.1) is 0 Å². The molecule has 1 amide bonds. The lowest BCUT2D eigenvalue weighted by Gasteiger charge is -2.06. The number of carbonyl (C=O) groups is 1. The van der Waals surface area contributed by atoms with E-state index < -0.39 is 0 Å². The first kappa shape index (κ1) is 15.2. The summed E-state index contributed by atoms with van der Waals surface area (Å²) in [6.45, 7) is 3.60. The fourth-order valence-corrected chi connectivity index (χ4v) is 1.39. The van der Waals surface area contributed by atoms with Crippen LogP contribution in [0.4, 0.5) is 5.69 Å². The highest BCUT2D eigenvalue weighted by atomic mass is 16.5. The van der Waals surface area contributed by atoms with Crippen LogP contribution in [0.5, 0.6) is 0 Å². The van der Waals surface area contributed by atoms with Crippen molar-refractivity contribution in [2.45, 2.75) is 13.3 Å². The van der Waals surface area contributed by atoms with Crippen LogP contribution in [0.15, 0.2) is 24.3 Å². The Morgan fingerprint density at radius 2 is 2.11 bits per heavy atom. The van der Waals surface area contributed by atoms with Crippen LogP contribution >= 0.6 is 0 Å². The lowest BCUT2D eigenvalue weighted by Crippen LogP contribution is -2.19. The number of benzene rings is 1. The van der Waals surface area contributed by atoms with E-state index in [2.05, 4.69) is 5.32 Å². The van der Waals surface area contributed by atoms with E-state index >= 15 is 0 Å². The molecule has 19 heavy (non-hydrogen) atoms. The molecule has 5 heteroatoms. The molecule has 0 heterocycles. The molecule has 5 nitrogen and oxygen atoms in total. The van der Waals surface area contributed by atoms with Crippen LogP contribution < -0.4 is 5.32 Å². The summed E-state index contributed by atoms with van der Waals surface area (Å²) in [6, 6.07) is 8.75. The molecule has 0 aliphatic rings. The number of amides is 1. The minimum absolute atomic E-state index is 0.0216. The highest BCUT2D eigenvalue weighted by Crippen LogP contribution is 2.09. The molecule has 0 saturated heterocycles. The topological polar surface area (TPSA) is 71.3 Å². The quantitative estimate of drug-likeness (QED) is 0.727. The van der Waals surface area contributed by atoms with Gasteiger partial charge in [0.15, 0.2) is 0 Å². The zero-order chi connectivity index (χ0) is 13.9. The molecule has 1 N–H and O–H groups in total. The standard InChI is InChI=1S/C14H18N2O3/c1-2-6-18-7-8-19-11-14(17)16-13-5-3-4-12(9-13)10-15/h3-5,9H,2,6-8,11H2,1H3,(H,16,17). The molecular formula is C14H18N2O3. The Morgan fingerprint density at radius 3 is 2.84 bits per heavy atom. The number of ether oxygens (including phenoxy) is 2. The van der Waals surface area contributed by atoms with E-state index in [1.807, 2.05) is 13.0 Å². The van der Waals surface area contributed by atoms with Crippen molar-refractivity contribution in [2.24, 2.45) is 0 Å². The first-order valence-corrected chi connectivity index (χ1v) is 6.21. The van der Waals surface area contributed by atoms with Gasteiger partial charge in [-0.2, -0.15) is 5.26 Å². The fraction of sp³-hybridized carbons (Fsp3) is 0.429. The molecule has 0 spiro atoms. The number of carbonyl (C=O) groups excluding carboxylic acids is 1. The van der Waals surface area contributed by atoms with Gasteiger partial charge in [-0.05, 0) is 24.6 Å². The highest BCUT2D eigenvalue weighted by Gasteiger charge is 2.03. The second kappa shape index (κ2) is 9.09. The van der Waals surface area contributed by atoms with Gasteiger partial charge in [0.25, 0.3) is 0 Å². The Hall–Kier alpha value is -1.90. The van der Waals surface area contributed by atoms with Gasteiger partial charge in [0, 0.05) is 12.3 Å². The normalized spacial score (nSPS) is 9.89. The van der Waals surface area contributed by atoms with Gasteiger partial charge in [-0.25, -0.2) is 0 Å². The Labute approximate surface area is 113 Å². The molecule has 1 aromatic rings. The number of rotatable bonds is 8. The molecule has 0 aromatic heterocycles. The molecule has 0 atom stereocenters. The molecule has 0 radical (unpaired) electrons. The van der Waals surface area contributed by atoms with Gasteiger partial charge in [-0.1, -0.05) is 13.0 Å². The van der Waals surface area contributed by atoms with Crippen LogP contribution in [0.2, 0.25) is 0 Å². The number of nitrogens with zero attached hydrogens (tertiary/aromatic N) is 1. The van der Waals surface area contributed by atoms with Crippen molar-refractivity contribution in [2.75, 3.05) is 31.7 Å². The number of nitriles is 1. The van der Waals surface area contributed by atoms with Crippen molar-refractivity contribution in [3.8, 4) is 6.07 Å². The summed E-state index contributed by atoms with van der Waals surface area (Å²) in [7, 11) is 0. The second-order valence-electron chi connectivity index (χ2n) is 3.91. The minimum atomic E-state index is -0.245. The Morgan fingerprint density at radius 1 is 1.32 bits per heavy atom. The highest BCUT2D eigenvalue weighted by molar-refractivity contribution is 5.91. The Bertz CT molecular complexity index is 441. The second-order valence-corrected chi connectivity index (χ2v) is 3.91. The van der Waals surface area contributed by atoms with Crippen molar-refractivity contribution in [3.63, 3.8) is 0 Å². The van der Waals surface area contributed by atoms with Gasteiger partial charge >= 0.3 is 0 Å². The van der Waals surface area contributed by atoms with Crippen LogP contribution in [0.25, 0.3) is 0 Å². The average molecular weight is 262 g/mol. The summed E-state index contributed by atoms with van der Waals surface area (Å²) in [4.78, 5) is 11.5. The van der Waals surface area contributed by atoms with Crippen LogP contribution in [0, 0.1) is 11.3 Å². The first-order chi connectivity index (χ1) is 9.26. The van der Waals surface area contributed by atoms with E-state index in [1.54, 1.807) is 24.3 Å². The molecule has 0 aliphatic heterocycles. The molecule has 0 unspecified atom stereocenters. The van der Waals surface area contributed by atoms with Gasteiger partial charge < -0.3 is 14.8 Å². The first-order valence-electron chi connectivity index (χ1n) is 6.21. The molecule has 1 aromatic carbocycles. The zero-order valence-electron chi connectivity index (χ0n) is 11.0. The molecule has 0 aliphatic carbocycles. The van der Waals surface area contributed by atoms with Crippen molar-refractivity contribution in [1.29, 1.82) is 5.26 Å². The van der Waals surface area contributed by atoms with E-state index in [9.17, 15) is 4.79 Å². The maximum Gasteiger partial charge on any atom is 0.250 e. The summed E-state index contributed by atoms with van der Waals surface area (Å²) >= 11 is 0. The maximum absolute atomic E-state index is 11.5. The molecule has 0 saturated carbocycles. The largest absolute Gasteiger partial charge is 0.379 e. The Balaban J connectivity index is 2.22. The van der Waals surface area contributed by atoms with Crippen LogP contribution in [-0.2, 0) is 14.3 Å². The lowest BCUT2D eigenvalue weighted by atomic mass is 10.2. The summed E-state index contributed by atoms with van der Waals surface area (Å²) in [5.74, 6) is -0.245. The molecular weight excluding hydrogens is 244 g/mol. The fourth-order valence-electron chi connectivity index (χ4n) is 1.39. The predicted molar refractivity (Wildman–Crippen MR) is 71.7 cm³/mol. The molecule has 0 fully saturated rings. The van der Waals surface area contributed by atoms with Crippen LogP contribution in [0.3, 0.4) is 0 Å². The molecule has 1 rings (SSSR count). The van der Waals surface area contributed by atoms with E-state index in [-0.39, 0.29) is 12.5 Å². The van der Waals surface area contributed by atoms with Crippen LogP contribution in [-0.4, -0.2) is 32.3 Å². The van der Waals surface area contributed by atoms with Gasteiger partial charge in [0.1, 0.15) is 6.61 Å². The smallest absolute Gasteiger partial charge is 0.250 e. The van der Waals surface area contributed by atoms with Crippen molar-refractivity contribution < 1.29 is 14.3 Å². The zero-order valence-corrected chi connectivity index (χ0v) is 11.0. The maximum atomic E-state index is 11.5. The number of hydrogen-bond acceptors (Lipinski definition) is 4. The molecule has 0 bridgehead atoms. The monoisotopic (exact) mass is 262 g/mol. The average Bonchev–Trinajstić information content (AvgIpc) is 2.43. The Kier molecular flexibility index (Phi) is 7.25. The van der Waals surface area contributed by atoms with Crippen molar-refractivity contribution >= 4 is 11.6 Å². The summed E-state index contributed by atoms with van der Waals surface area (Å²) < 4.78 is 10.4. The van der Waals surface area contributed by atoms with Gasteiger partial charge in [0.2, 0.25) is 5.91 Å². The van der Waals surface area contributed by atoms with Crippen molar-refractivity contribution in [3.05, 3.63) is 29.8 Å². The van der Waals surface area contributed by atoms with E-state index in [1.165, 1.54) is 0 Å². The van der Waals surface area contributed by atoms with Gasteiger partial charge in [0.05, 0.1) is 24.8 Å². The third kappa shape index (κ3) is 6.55. The summed E-state index contributed by atoms with van der Waals surface area (Å²) in [5.41, 5.74) is 1.10. The third-order valence-corrected chi connectivity index (χ3v) is 2.23. The minimum Gasteiger partial charge on any atom is -0.379 e.